The zero-order valence-electron chi connectivity index (χ0n) is 10.9. The van der Waals surface area contributed by atoms with Crippen molar-refractivity contribution in [1.82, 2.24) is 9.80 Å². The third kappa shape index (κ3) is 6.40. The first kappa shape index (κ1) is 15.8. The van der Waals surface area contributed by atoms with Crippen LogP contribution in [0.4, 0.5) is 0 Å². The van der Waals surface area contributed by atoms with Crippen LogP contribution in [0.5, 0.6) is 0 Å². The van der Waals surface area contributed by atoms with Crippen LogP contribution in [0.25, 0.3) is 0 Å². The van der Waals surface area contributed by atoms with E-state index in [2.05, 4.69) is 11.8 Å². The maximum absolute atomic E-state index is 9.84. The van der Waals surface area contributed by atoms with E-state index < -0.39 is 6.23 Å². The third-order valence-electron chi connectivity index (χ3n) is 2.90. The van der Waals surface area contributed by atoms with E-state index in [-0.39, 0.29) is 6.61 Å². The van der Waals surface area contributed by atoms with Crippen molar-refractivity contribution in [2.75, 3.05) is 47.5 Å². The van der Waals surface area contributed by atoms with E-state index in [1.165, 1.54) is 0 Å². The third-order valence-corrected chi connectivity index (χ3v) is 2.90. The van der Waals surface area contributed by atoms with Crippen molar-refractivity contribution in [1.29, 1.82) is 0 Å². The Labute approximate surface area is 98.6 Å². The Morgan fingerprint density at radius 2 is 1.88 bits per heavy atom. The second-order valence-electron chi connectivity index (χ2n) is 4.25. The van der Waals surface area contributed by atoms with Crippen molar-refractivity contribution >= 4 is 0 Å². The minimum Gasteiger partial charge on any atom is -0.395 e. The van der Waals surface area contributed by atoms with Gasteiger partial charge in [0, 0.05) is 32.8 Å². The van der Waals surface area contributed by atoms with Gasteiger partial charge in [-0.2, -0.15) is 0 Å². The Morgan fingerprint density at radius 1 is 1.25 bits per heavy atom. The van der Waals surface area contributed by atoms with Crippen molar-refractivity contribution in [3.8, 4) is 0 Å². The van der Waals surface area contributed by atoms with Crippen LogP contribution in [0.15, 0.2) is 0 Å². The van der Waals surface area contributed by atoms with Gasteiger partial charge >= 0.3 is 0 Å². The molecule has 0 aliphatic carbocycles. The summed E-state index contributed by atoms with van der Waals surface area (Å²) in [5, 5.41) is 18.6. The lowest BCUT2D eigenvalue weighted by Gasteiger charge is -2.30. The molecule has 0 heterocycles. The molecule has 0 radical (unpaired) electrons. The van der Waals surface area contributed by atoms with Crippen LogP contribution in [0, 0.1) is 0 Å². The molecule has 0 aliphatic rings. The van der Waals surface area contributed by atoms with Crippen LogP contribution in [-0.4, -0.2) is 79.8 Å². The average Bonchev–Trinajstić information content (AvgIpc) is 2.25. The number of rotatable bonds is 9. The summed E-state index contributed by atoms with van der Waals surface area (Å²) in [6, 6.07) is 0.372. The van der Waals surface area contributed by atoms with Crippen molar-refractivity contribution in [2.24, 2.45) is 0 Å². The van der Waals surface area contributed by atoms with Gasteiger partial charge in [0.2, 0.25) is 0 Å². The quantitative estimate of drug-likeness (QED) is 0.531. The molecule has 5 heteroatoms. The number of nitrogens with zero attached hydrogens (tertiary/aromatic N) is 2. The van der Waals surface area contributed by atoms with Gasteiger partial charge in [0.1, 0.15) is 6.23 Å². The van der Waals surface area contributed by atoms with Gasteiger partial charge in [0.25, 0.3) is 0 Å². The Morgan fingerprint density at radius 3 is 2.38 bits per heavy atom. The minimum atomic E-state index is -0.540. The summed E-state index contributed by atoms with van der Waals surface area (Å²) >= 11 is 0. The fraction of sp³-hybridized carbons (Fsp3) is 1.00. The maximum atomic E-state index is 9.84. The average molecular weight is 234 g/mol. The van der Waals surface area contributed by atoms with Crippen LogP contribution in [0.2, 0.25) is 0 Å². The van der Waals surface area contributed by atoms with E-state index in [1.807, 2.05) is 7.05 Å². The van der Waals surface area contributed by atoms with Gasteiger partial charge in [-0.05, 0) is 27.4 Å². The lowest BCUT2D eigenvalue weighted by Crippen LogP contribution is -2.44. The smallest absolute Gasteiger partial charge is 0.120 e. The van der Waals surface area contributed by atoms with Gasteiger partial charge in [-0.15, -0.1) is 0 Å². The van der Waals surface area contributed by atoms with E-state index in [1.54, 1.807) is 19.1 Å². The van der Waals surface area contributed by atoms with Gasteiger partial charge in [0.15, 0.2) is 0 Å². The first-order chi connectivity index (χ1) is 7.52. The van der Waals surface area contributed by atoms with Crippen LogP contribution in [0.1, 0.15) is 13.3 Å². The summed E-state index contributed by atoms with van der Waals surface area (Å²) in [6.07, 6.45) is 0.408. The molecule has 2 atom stereocenters. The summed E-state index contributed by atoms with van der Waals surface area (Å²) in [5.41, 5.74) is 0. The van der Waals surface area contributed by atoms with E-state index >= 15 is 0 Å². The number of hydrogen-bond acceptors (Lipinski definition) is 5. The molecule has 0 aliphatic heterocycles. The lowest BCUT2D eigenvalue weighted by molar-refractivity contribution is -0.0163. The number of methoxy groups -OCH3 is 1. The van der Waals surface area contributed by atoms with E-state index in [9.17, 15) is 5.11 Å². The lowest BCUT2D eigenvalue weighted by atomic mass is 10.2. The zero-order chi connectivity index (χ0) is 12.6. The molecular formula is C11H26N2O3. The molecule has 2 unspecified atom stereocenters. The highest BCUT2D eigenvalue weighted by molar-refractivity contribution is 4.67. The summed E-state index contributed by atoms with van der Waals surface area (Å²) in [5.74, 6) is 0. The standard InChI is InChI=1S/C11H26N2O3/c1-10(5-8-16-4)13(3)9-11(15)12(2)6-7-14/h10-11,14-15H,5-9H2,1-4H3. The first-order valence-electron chi connectivity index (χ1n) is 5.71. The Bertz CT molecular complexity index is 169. The number of hydrogen-bond donors (Lipinski definition) is 2. The van der Waals surface area contributed by atoms with Crippen LogP contribution >= 0.6 is 0 Å². The Hall–Kier alpha value is -0.200. The van der Waals surface area contributed by atoms with Gasteiger partial charge in [-0.3, -0.25) is 9.80 Å². The van der Waals surface area contributed by atoms with Crippen LogP contribution < -0.4 is 0 Å². The van der Waals surface area contributed by atoms with Gasteiger partial charge in [0.05, 0.1) is 6.61 Å². The maximum Gasteiger partial charge on any atom is 0.120 e. The molecule has 0 amide bonds. The molecule has 98 valence electrons. The second-order valence-corrected chi connectivity index (χ2v) is 4.25. The first-order valence-corrected chi connectivity index (χ1v) is 5.71. The normalized spacial score (nSPS) is 15.8. The number of aliphatic hydroxyl groups is 2. The SMILES string of the molecule is COCCC(C)N(C)CC(O)N(C)CCO. The van der Waals surface area contributed by atoms with E-state index in [4.69, 9.17) is 9.84 Å². The summed E-state index contributed by atoms with van der Waals surface area (Å²) in [7, 11) is 5.47. The largest absolute Gasteiger partial charge is 0.395 e. The summed E-state index contributed by atoms with van der Waals surface area (Å²) in [4.78, 5) is 3.83. The molecule has 0 fully saturated rings. The molecular weight excluding hydrogens is 208 g/mol. The topological polar surface area (TPSA) is 56.2 Å². The van der Waals surface area contributed by atoms with Crippen molar-refractivity contribution < 1.29 is 14.9 Å². The summed E-state index contributed by atoms with van der Waals surface area (Å²) < 4.78 is 5.02. The van der Waals surface area contributed by atoms with Gasteiger partial charge < -0.3 is 14.9 Å². The van der Waals surface area contributed by atoms with Crippen LogP contribution in [-0.2, 0) is 4.74 Å². The fourth-order valence-corrected chi connectivity index (χ4v) is 1.39. The number of likely N-dealkylation sites (N-methyl/N-ethyl adjacent to an activating group) is 2. The highest BCUT2D eigenvalue weighted by Crippen LogP contribution is 2.03. The summed E-state index contributed by atoms with van der Waals surface area (Å²) in [6.45, 7) is 3.96. The highest BCUT2D eigenvalue weighted by Gasteiger charge is 2.16. The Balaban J connectivity index is 3.87. The molecule has 0 spiro atoms. The number of aliphatic hydroxyl groups excluding tert-OH is 2. The molecule has 0 aromatic heterocycles. The predicted octanol–water partition coefficient (Wildman–Crippen LogP) is -0.414. The molecule has 5 nitrogen and oxygen atoms in total. The molecule has 16 heavy (non-hydrogen) atoms. The van der Waals surface area contributed by atoms with Gasteiger partial charge in [-0.1, -0.05) is 0 Å². The predicted molar refractivity (Wildman–Crippen MR) is 64.3 cm³/mol. The molecule has 0 aromatic rings. The molecule has 0 bridgehead atoms. The molecule has 2 N–H and O–H groups in total. The molecule has 0 saturated heterocycles. The number of ether oxygens (including phenoxy) is 1. The van der Waals surface area contributed by atoms with Crippen LogP contribution in [0.3, 0.4) is 0 Å². The molecule has 0 rings (SSSR count). The zero-order valence-corrected chi connectivity index (χ0v) is 10.9. The fourth-order valence-electron chi connectivity index (χ4n) is 1.39. The van der Waals surface area contributed by atoms with Crippen molar-refractivity contribution in [3.63, 3.8) is 0 Å². The van der Waals surface area contributed by atoms with Gasteiger partial charge in [-0.25, -0.2) is 0 Å². The highest BCUT2D eigenvalue weighted by atomic mass is 16.5. The van der Waals surface area contributed by atoms with E-state index in [0.29, 0.717) is 19.1 Å². The van der Waals surface area contributed by atoms with Crippen molar-refractivity contribution in [2.45, 2.75) is 25.6 Å². The molecule has 0 aromatic carbocycles. The molecule has 0 saturated carbocycles. The Kier molecular flexibility index (Phi) is 8.78. The van der Waals surface area contributed by atoms with Crippen molar-refractivity contribution in [3.05, 3.63) is 0 Å². The van der Waals surface area contributed by atoms with E-state index in [0.717, 1.165) is 13.0 Å². The minimum absolute atomic E-state index is 0.0660. The second kappa shape index (κ2) is 8.90. The monoisotopic (exact) mass is 234 g/mol.